The number of aliphatic hydroxyl groups is 1. The van der Waals surface area contributed by atoms with Gasteiger partial charge in [-0.3, -0.25) is 0 Å². The lowest BCUT2D eigenvalue weighted by atomic mass is 10.2. The second-order valence-electron chi connectivity index (χ2n) is 3.88. The molecule has 0 fully saturated rings. The Morgan fingerprint density at radius 1 is 1.42 bits per heavy atom. The molecule has 1 aromatic carbocycles. The van der Waals surface area contributed by atoms with E-state index < -0.39 is 15.8 Å². The summed E-state index contributed by atoms with van der Waals surface area (Å²) in [6.45, 7) is 1.73. The molecule has 1 N–H and O–H groups in total. The molecule has 0 spiro atoms. The third-order valence-corrected chi connectivity index (χ3v) is 4.41. The molecule has 0 aliphatic heterocycles. The lowest BCUT2D eigenvalue weighted by Gasteiger charge is -2.20. The minimum absolute atomic E-state index is 0.0323. The van der Waals surface area contributed by atoms with Crippen molar-refractivity contribution in [3.63, 3.8) is 0 Å². The summed E-state index contributed by atoms with van der Waals surface area (Å²) in [5, 5.41) is 17.6. The standard InChI is InChI=1S/C12H15FN2O3S/c1-2-5-15(6-7-16)19(17,18)11-3-4-12(13)10(8-11)9-14/h3-4,8,16H,2,5-7H2,1H3. The topological polar surface area (TPSA) is 81.4 Å². The number of hydrogen-bond donors (Lipinski definition) is 1. The Kier molecular flexibility index (Phi) is 5.42. The maximum absolute atomic E-state index is 13.2. The fourth-order valence-corrected chi connectivity index (χ4v) is 3.16. The van der Waals surface area contributed by atoms with Crippen LogP contribution in [0.15, 0.2) is 23.1 Å². The first-order valence-corrected chi connectivity index (χ1v) is 7.22. The average molecular weight is 286 g/mol. The number of nitriles is 1. The predicted molar refractivity (Wildman–Crippen MR) is 67.3 cm³/mol. The van der Waals surface area contributed by atoms with Crippen LogP contribution >= 0.6 is 0 Å². The summed E-state index contributed by atoms with van der Waals surface area (Å²) in [7, 11) is -3.82. The SMILES string of the molecule is CCCN(CCO)S(=O)(=O)c1ccc(F)c(C#N)c1. The van der Waals surface area contributed by atoms with E-state index in [1.165, 1.54) is 0 Å². The van der Waals surface area contributed by atoms with E-state index in [1.807, 2.05) is 6.92 Å². The van der Waals surface area contributed by atoms with Gasteiger partial charge >= 0.3 is 0 Å². The van der Waals surface area contributed by atoms with Crippen molar-refractivity contribution < 1.29 is 17.9 Å². The zero-order chi connectivity index (χ0) is 14.5. The van der Waals surface area contributed by atoms with Gasteiger partial charge in [0.1, 0.15) is 11.9 Å². The van der Waals surface area contributed by atoms with E-state index in [1.54, 1.807) is 6.07 Å². The first-order chi connectivity index (χ1) is 8.97. The van der Waals surface area contributed by atoms with Crippen LogP contribution in [0.4, 0.5) is 4.39 Å². The van der Waals surface area contributed by atoms with Crippen LogP contribution in [0.1, 0.15) is 18.9 Å². The molecule has 0 amide bonds. The Labute approximate surface area is 111 Å². The molecule has 1 rings (SSSR count). The normalized spacial score (nSPS) is 11.5. The smallest absolute Gasteiger partial charge is 0.243 e. The molecular weight excluding hydrogens is 271 g/mol. The highest BCUT2D eigenvalue weighted by atomic mass is 32.2. The number of benzene rings is 1. The Morgan fingerprint density at radius 3 is 2.63 bits per heavy atom. The summed E-state index contributed by atoms with van der Waals surface area (Å²) in [4.78, 5) is -0.146. The van der Waals surface area contributed by atoms with Gasteiger partial charge in [-0.2, -0.15) is 9.57 Å². The number of hydrogen-bond acceptors (Lipinski definition) is 4. The van der Waals surface area contributed by atoms with Gasteiger partial charge in [0.15, 0.2) is 0 Å². The highest BCUT2D eigenvalue weighted by Gasteiger charge is 2.24. The van der Waals surface area contributed by atoms with E-state index >= 15 is 0 Å². The largest absolute Gasteiger partial charge is 0.395 e. The van der Waals surface area contributed by atoms with Crippen molar-refractivity contribution in [2.24, 2.45) is 0 Å². The quantitative estimate of drug-likeness (QED) is 0.848. The summed E-state index contributed by atoms with van der Waals surface area (Å²) in [5.41, 5.74) is -0.318. The highest BCUT2D eigenvalue weighted by Crippen LogP contribution is 2.19. The van der Waals surface area contributed by atoms with Crippen LogP contribution in [0.3, 0.4) is 0 Å². The molecule has 5 nitrogen and oxygen atoms in total. The van der Waals surface area contributed by atoms with Gasteiger partial charge in [0, 0.05) is 13.1 Å². The molecule has 0 aromatic heterocycles. The molecule has 0 saturated carbocycles. The second kappa shape index (κ2) is 6.61. The minimum Gasteiger partial charge on any atom is -0.395 e. The summed E-state index contributed by atoms with van der Waals surface area (Å²) in [6.07, 6.45) is 0.589. The zero-order valence-electron chi connectivity index (χ0n) is 10.5. The monoisotopic (exact) mass is 286 g/mol. The Morgan fingerprint density at radius 2 is 2.11 bits per heavy atom. The summed E-state index contributed by atoms with van der Waals surface area (Å²) in [6, 6.07) is 4.68. The van der Waals surface area contributed by atoms with Gasteiger partial charge < -0.3 is 5.11 Å². The maximum Gasteiger partial charge on any atom is 0.243 e. The molecule has 0 heterocycles. The van der Waals surface area contributed by atoms with Crippen molar-refractivity contribution in [3.8, 4) is 6.07 Å². The number of nitrogens with zero attached hydrogens (tertiary/aromatic N) is 2. The van der Waals surface area contributed by atoms with Gasteiger partial charge in [0.25, 0.3) is 0 Å². The Balaban J connectivity index is 3.22. The molecule has 0 aliphatic carbocycles. The van der Waals surface area contributed by atoms with Crippen molar-refractivity contribution in [2.45, 2.75) is 18.2 Å². The minimum atomic E-state index is -3.82. The number of sulfonamides is 1. The fraction of sp³-hybridized carbons (Fsp3) is 0.417. The fourth-order valence-electron chi connectivity index (χ4n) is 1.61. The van der Waals surface area contributed by atoms with Crippen molar-refractivity contribution in [2.75, 3.05) is 19.7 Å². The molecule has 7 heteroatoms. The molecule has 0 radical (unpaired) electrons. The average Bonchev–Trinajstić information content (AvgIpc) is 2.38. The van der Waals surface area contributed by atoms with Gasteiger partial charge in [-0.05, 0) is 24.6 Å². The maximum atomic E-state index is 13.2. The molecule has 1 aromatic rings. The molecule has 19 heavy (non-hydrogen) atoms. The van der Waals surface area contributed by atoms with Gasteiger partial charge in [0.05, 0.1) is 17.1 Å². The van der Waals surface area contributed by atoms with Gasteiger partial charge in [-0.1, -0.05) is 6.92 Å². The lowest BCUT2D eigenvalue weighted by molar-refractivity contribution is 0.253. The van der Waals surface area contributed by atoms with Crippen LogP contribution in [0.5, 0.6) is 0 Å². The molecule has 0 unspecified atom stereocenters. The van der Waals surface area contributed by atoms with Crippen LogP contribution in [-0.4, -0.2) is 37.5 Å². The van der Waals surface area contributed by atoms with E-state index in [9.17, 15) is 12.8 Å². The van der Waals surface area contributed by atoms with E-state index in [0.717, 1.165) is 22.5 Å². The van der Waals surface area contributed by atoms with Crippen LogP contribution in [0, 0.1) is 17.1 Å². The van der Waals surface area contributed by atoms with Crippen LogP contribution in [0.2, 0.25) is 0 Å². The molecule has 0 bridgehead atoms. The van der Waals surface area contributed by atoms with E-state index in [0.29, 0.717) is 6.42 Å². The molecular formula is C12H15FN2O3S. The van der Waals surface area contributed by atoms with Crippen LogP contribution in [-0.2, 0) is 10.0 Å². The molecule has 0 saturated heterocycles. The zero-order valence-corrected chi connectivity index (χ0v) is 11.3. The van der Waals surface area contributed by atoms with Gasteiger partial charge in [-0.25, -0.2) is 12.8 Å². The number of rotatable bonds is 6. The highest BCUT2D eigenvalue weighted by molar-refractivity contribution is 7.89. The van der Waals surface area contributed by atoms with E-state index in [4.69, 9.17) is 10.4 Å². The lowest BCUT2D eigenvalue weighted by Crippen LogP contribution is -2.34. The summed E-state index contributed by atoms with van der Waals surface area (Å²) >= 11 is 0. The van der Waals surface area contributed by atoms with Gasteiger partial charge in [-0.15, -0.1) is 0 Å². The van der Waals surface area contributed by atoms with E-state index in [-0.39, 0.29) is 30.2 Å². The van der Waals surface area contributed by atoms with Crippen LogP contribution < -0.4 is 0 Å². The summed E-state index contributed by atoms with van der Waals surface area (Å²) in [5.74, 6) is -0.759. The van der Waals surface area contributed by atoms with Crippen molar-refractivity contribution in [1.82, 2.24) is 4.31 Å². The first kappa shape index (κ1) is 15.6. The third kappa shape index (κ3) is 3.50. The number of halogens is 1. The van der Waals surface area contributed by atoms with Gasteiger partial charge in [0.2, 0.25) is 10.0 Å². The third-order valence-electron chi connectivity index (χ3n) is 2.52. The Hall–Kier alpha value is -1.49. The second-order valence-corrected chi connectivity index (χ2v) is 5.82. The molecule has 104 valence electrons. The number of aliphatic hydroxyl groups excluding tert-OH is 1. The van der Waals surface area contributed by atoms with Crippen molar-refractivity contribution in [1.29, 1.82) is 5.26 Å². The first-order valence-electron chi connectivity index (χ1n) is 5.78. The summed E-state index contributed by atoms with van der Waals surface area (Å²) < 4.78 is 38.8. The molecule has 0 aliphatic rings. The Bertz CT molecular complexity index is 575. The molecule has 0 atom stereocenters. The van der Waals surface area contributed by atoms with E-state index in [2.05, 4.69) is 0 Å². The van der Waals surface area contributed by atoms with Crippen molar-refractivity contribution >= 4 is 10.0 Å². The predicted octanol–water partition coefficient (Wildman–Crippen LogP) is 1.09. The van der Waals surface area contributed by atoms with Crippen LogP contribution in [0.25, 0.3) is 0 Å². The van der Waals surface area contributed by atoms with Crippen molar-refractivity contribution in [3.05, 3.63) is 29.6 Å².